The summed E-state index contributed by atoms with van der Waals surface area (Å²) in [6, 6.07) is 0. The zero-order chi connectivity index (χ0) is 17.3. The number of aromatic nitrogens is 2. The highest BCUT2D eigenvalue weighted by Crippen LogP contribution is 2.39. The molecule has 2 fully saturated rings. The summed E-state index contributed by atoms with van der Waals surface area (Å²) in [5.74, 6) is 1.62. The number of rotatable bonds is 3. The number of carbonyl (C=O) groups is 1. The number of hydrogen-bond acceptors (Lipinski definition) is 6. The standard InChI is InChI=1S/C17H28N4O3/c1-11-5-7-17(8-6-11,18-13(3)22)16-20-19-15(24-16)14-10-21(4)9-12(2)23-14/h11-12,14H,5-10H2,1-4H3,(H,18,22)/t11?,12-,14-,17?/m1/s1. The molecule has 7 nitrogen and oxygen atoms in total. The number of morpholine rings is 1. The largest absolute Gasteiger partial charge is 0.420 e. The van der Waals surface area contributed by atoms with E-state index < -0.39 is 5.54 Å². The molecule has 2 aliphatic rings. The minimum absolute atomic E-state index is 0.0634. The fourth-order valence-corrected chi connectivity index (χ4v) is 3.84. The molecule has 0 aromatic carbocycles. The molecule has 1 aliphatic heterocycles. The van der Waals surface area contributed by atoms with Crippen molar-refractivity contribution in [1.82, 2.24) is 20.4 Å². The molecule has 1 saturated carbocycles. The van der Waals surface area contributed by atoms with E-state index in [1.165, 1.54) is 6.92 Å². The van der Waals surface area contributed by atoms with Crippen LogP contribution in [0.4, 0.5) is 0 Å². The zero-order valence-corrected chi connectivity index (χ0v) is 15.0. The van der Waals surface area contributed by atoms with Crippen LogP contribution in [0.2, 0.25) is 0 Å². The molecular formula is C17H28N4O3. The van der Waals surface area contributed by atoms with Gasteiger partial charge in [-0.15, -0.1) is 10.2 Å². The number of hydrogen-bond donors (Lipinski definition) is 1. The third-order valence-corrected chi connectivity index (χ3v) is 5.11. The van der Waals surface area contributed by atoms with E-state index in [1.54, 1.807) is 0 Å². The Morgan fingerprint density at radius 3 is 2.58 bits per heavy atom. The predicted molar refractivity (Wildman–Crippen MR) is 88.2 cm³/mol. The van der Waals surface area contributed by atoms with Gasteiger partial charge in [0.1, 0.15) is 11.6 Å². The van der Waals surface area contributed by atoms with Gasteiger partial charge in [0.15, 0.2) is 0 Å². The monoisotopic (exact) mass is 336 g/mol. The maximum Gasteiger partial charge on any atom is 0.246 e. The summed E-state index contributed by atoms with van der Waals surface area (Å²) in [5, 5.41) is 11.6. The molecule has 2 atom stereocenters. The molecule has 2 heterocycles. The molecule has 24 heavy (non-hydrogen) atoms. The Hall–Kier alpha value is -1.47. The van der Waals surface area contributed by atoms with Crippen molar-refractivity contribution in [2.24, 2.45) is 5.92 Å². The summed E-state index contributed by atoms with van der Waals surface area (Å²) in [6.07, 6.45) is 3.66. The van der Waals surface area contributed by atoms with Crippen LogP contribution in [0, 0.1) is 5.92 Å². The Balaban J connectivity index is 1.82. The fourth-order valence-electron chi connectivity index (χ4n) is 3.84. The molecule has 134 valence electrons. The van der Waals surface area contributed by atoms with Crippen LogP contribution >= 0.6 is 0 Å². The summed E-state index contributed by atoms with van der Waals surface area (Å²) in [5.41, 5.74) is -0.532. The number of nitrogens with one attached hydrogen (secondary N) is 1. The first-order valence-electron chi connectivity index (χ1n) is 8.84. The van der Waals surface area contributed by atoms with Gasteiger partial charge < -0.3 is 19.4 Å². The van der Waals surface area contributed by atoms with Gasteiger partial charge in [-0.25, -0.2) is 0 Å². The van der Waals surface area contributed by atoms with Gasteiger partial charge in [-0.05, 0) is 45.6 Å². The highest BCUT2D eigenvalue weighted by molar-refractivity contribution is 5.73. The van der Waals surface area contributed by atoms with Gasteiger partial charge in [0.2, 0.25) is 17.7 Å². The van der Waals surface area contributed by atoms with E-state index in [9.17, 15) is 4.79 Å². The van der Waals surface area contributed by atoms with Gasteiger partial charge in [-0.3, -0.25) is 4.79 Å². The second-order valence-electron chi connectivity index (χ2n) is 7.55. The minimum atomic E-state index is -0.532. The minimum Gasteiger partial charge on any atom is -0.420 e. The summed E-state index contributed by atoms with van der Waals surface area (Å²) in [4.78, 5) is 13.9. The molecule has 1 aromatic heterocycles. The molecule has 1 aliphatic carbocycles. The molecular weight excluding hydrogens is 308 g/mol. The van der Waals surface area contributed by atoms with E-state index in [4.69, 9.17) is 9.15 Å². The number of amides is 1. The molecule has 7 heteroatoms. The Morgan fingerprint density at radius 2 is 1.96 bits per heavy atom. The first kappa shape index (κ1) is 17.4. The zero-order valence-electron chi connectivity index (χ0n) is 15.0. The van der Waals surface area contributed by atoms with E-state index >= 15 is 0 Å². The SMILES string of the molecule is CC(=O)NC1(c2nnc([C@H]3CN(C)C[C@@H](C)O3)o2)CCC(C)CC1. The summed E-state index contributed by atoms with van der Waals surface area (Å²) >= 11 is 0. The first-order chi connectivity index (χ1) is 11.4. The third kappa shape index (κ3) is 3.62. The summed E-state index contributed by atoms with van der Waals surface area (Å²) < 4.78 is 12.0. The van der Waals surface area contributed by atoms with Gasteiger partial charge in [0.05, 0.1) is 6.10 Å². The topological polar surface area (TPSA) is 80.5 Å². The van der Waals surface area contributed by atoms with Crippen LogP contribution in [-0.2, 0) is 15.1 Å². The summed E-state index contributed by atoms with van der Waals surface area (Å²) in [6.45, 7) is 7.45. The van der Waals surface area contributed by atoms with Crippen molar-refractivity contribution < 1.29 is 13.9 Å². The molecule has 1 N–H and O–H groups in total. The van der Waals surface area contributed by atoms with E-state index in [1.807, 2.05) is 6.92 Å². The number of likely N-dealkylation sites (N-methyl/N-ethyl adjacent to an activating group) is 1. The van der Waals surface area contributed by atoms with Crippen LogP contribution < -0.4 is 5.32 Å². The van der Waals surface area contributed by atoms with Crippen molar-refractivity contribution >= 4 is 5.91 Å². The molecule has 0 spiro atoms. The quantitative estimate of drug-likeness (QED) is 0.909. The lowest BCUT2D eigenvalue weighted by atomic mass is 9.77. The van der Waals surface area contributed by atoms with Gasteiger partial charge in [-0.1, -0.05) is 6.92 Å². The Kier molecular flexibility index (Phi) is 4.92. The van der Waals surface area contributed by atoms with Gasteiger partial charge >= 0.3 is 0 Å². The lowest BCUT2D eigenvalue weighted by Crippen LogP contribution is -2.47. The van der Waals surface area contributed by atoms with Gasteiger partial charge in [0, 0.05) is 20.0 Å². The van der Waals surface area contributed by atoms with Gasteiger partial charge in [-0.2, -0.15) is 0 Å². The molecule has 0 bridgehead atoms. The van der Waals surface area contributed by atoms with Crippen LogP contribution in [-0.4, -0.2) is 47.2 Å². The van der Waals surface area contributed by atoms with Crippen LogP contribution in [0.5, 0.6) is 0 Å². The number of ether oxygens (including phenoxy) is 1. The van der Waals surface area contributed by atoms with Crippen LogP contribution in [0.25, 0.3) is 0 Å². The van der Waals surface area contributed by atoms with Crippen molar-refractivity contribution in [3.8, 4) is 0 Å². The number of carbonyl (C=O) groups excluding carboxylic acids is 1. The van der Waals surface area contributed by atoms with Crippen molar-refractivity contribution in [1.29, 1.82) is 0 Å². The molecule has 1 aromatic rings. The van der Waals surface area contributed by atoms with Crippen LogP contribution in [0.1, 0.15) is 64.3 Å². The third-order valence-electron chi connectivity index (χ3n) is 5.11. The summed E-state index contributed by atoms with van der Waals surface area (Å²) in [7, 11) is 2.06. The van der Waals surface area contributed by atoms with Gasteiger partial charge in [0.25, 0.3) is 0 Å². The smallest absolute Gasteiger partial charge is 0.246 e. The molecule has 1 saturated heterocycles. The first-order valence-corrected chi connectivity index (χ1v) is 8.84. The number of nitrogens with zero attached hydrogens (tertiary/aromatic N) is 3. The van der Waals surface area contributed by atoms with E-state index in [2.05, 4.69) is 34.4 Å². The molecule has 3 rings (SSSR count). The Labute approximate surface area is 143 Å². The lowest BCUT2D eigenvalue weighted by Gasteiger charge is -2.37. The second kappa shape index (κ2) is 6.80. The molecule has 0 radical (unpaired) electrons. The lowest BCUT2D eigenvalue weighted by molar-refractivity contribution is -0.122. The maximum atomic E-state index is 11.7. The Bertz CT molecular complexity index is 570. The normalized spacial score (nSPS) is 34.9. The molecule has 1 amide bonds. The average Bonchev–Trinajstić information content (AvgIpc) is 2.99. The van der Waals surface area contributed by atoms with E-state index in [0.29, 0.717) is 17.7 Å². The average molecular weight is 336 g/mol. The highest BCUT2D eigenvalue weighted by atomic mass is 16.5. The molecule has 0 unspecified atom stereocenters. The van der Waals surface area contributed by atoms with Crippen LogP contribution in [0.15, 0.2) is 4.42 Å². The van der Waals surface area contributed by atoms with Crippen molar-refractivity contribution in [2.75, 3.05) is 20.1 Å². The van der Waals surface area contributed by atoms with Crippen LogP contribution in [0.3, 0.4) is 0 Å². The highest BCUT2D eigenvalue weighted by Gasteiger charge is 2.42. The maximum absolute atomic E-state index is 11.7. The predicted octanol–water partition coefficient (Wildman–Crippen LogP) is 2.00. The second-order valence-corrected chi connectivity index (χ2v) is 7.55. The Morgan fingerprint density at radius 1 is 1.25 bits per heavy atom. The van der Waals surface area contributed by atoms with Crippen molar-refractivity contribution in [3.63, 3.8) is 0 Å². The van der Waals surface area contributed by atoms with E-state index in [-0.39, 0.29) is 18.1 Å². The van der Waals surface area contributed by atoms with E-state index in [0.717, 1.165) is 38.8 Å². The van der Waals surface area contributed by atoms with Crippen molar-refractivity contribution in [3.05, 3.63) is 11.8 Å². The van der Waals surface area contributed by atoms with Crippen molar-refractivity contribution in [2.45, 2.75) is 64.2 Å². The fraction of sp³-hybridized carbons (Fsp3) is 0.824.